The number of rotatable bonds is 6. The van der Waals surface area contributed by atoms with Crippen molar-refractivity contribution in [2.75, 3.05) is 7.11 Å². The Balaban J connectivity index is 1.95. The lowest BCUT2D eigenvalue weighted by Crippen LogP contribution is -2.48. The summed E-state index contributed by atoms with van der Waals surface area (Å²) < 4.78 is 15.7. The van der Waals surface area contributed by atoms with E-state index < -0.39 is 29.6 Å². The van der Waals surface area contributed by atoms with Gasteiger partial charge >= 0.3 is 11.9 Å². The van der Waals surface area contributed by atoms with Crippen molar-refractivity contribution in [2.45, 2.75) is 32.0 Å². The van der Waals surface area contributed by atoms with Crippen molar-refractivity contribution in [3.05, 3.63) is 65.7 Å². The molecule has 0 bridgehead atoms. The van der Waals surface area contributed by atoms with Crippen LogP contribution in [-0.2, 0) is 19.1 Å². The molecule has 2 aromatic carbocycles. The highest BCUT2D eigenvalue weighted by molar-refractivity contribution is 6.01. The van der Waals surface area contributed by atoms with Gasteiger partial charge in [0.2, 0.25) is 0 Å². The average molecular weight is 382 g/mol. The third-order valence-electron chi connectivity index (χ3n) is 4.65. The maximum absolute atomic E-state index is 12.8. The molecule has 1 heterocycles. The summed E-state index contributed by atoms with van der Waals surface area (Å²) in [5, 5.41) is 0. The molecule has 1 fully saturated rings. The maximum atomic E-state index is 12.8. The van der Waals surface area contributed by atoms with Crippen LogP contribution in [0.4, 0.5) is 0 Å². The van der Waals surface area contributed by atoms with Crippen LogP contribution < -0.4 is 4.74 Å². The summed E-state index contributed by atoms with van der Waals surface area (Å²) in [6.07, 6.45) is -0.0361. The van der Waals surface area contributed by atoms with E-state index in [9.17, 15) is 14.4 Å². The van der Waals surface area contributed by atoms with Gasteiger partial charge in [-0.25, -0.2) is 0 Å². The third kappa shape index (κ3) is 4.22. The van der Waals surface area contributed by atoms with Crippen molar-refractivity contribution in [3.8, 4) is 5.75 Å². The van der Waals surface area contributed by atoms with Gasteiger partial charge in [-0.2, -0.15) is 0 Å². The summed E-state index contributed by atoms with van der Waals surface area (Å²) in [6, 6.07) is 15.7. The molecule has 0 amide bonds. The molecule has 0 saturated carbocycles. The van der Waals surface area contributed by atoms with E-state index in [0.717, 1.165) is 0 Å². The van der Waals surface area contributed by atoms with Crippen molar-refractivity contribution >= 4 is 17.7 Å². The second kappa shape index (κ2) is 7.84. The number of ketones is 1. The number of carbonyl (C=O) groups is 3. The van der Waals surface area contributed by atoms with Crippen LogP contribution in [0.2, 0.25) is 0 Å². The van der Waals surface area contributed by atoms with Gasteiger partial charge < -0.3 is 14.2 Å². The highest BCUT2D eigenvalue weighted by atomic mass is 16.7. The molecule has 0 aromatic heterocycles. The van der Waals surface area contributed by atoms with E-state index in [1.807, 2.05) is 6.07 Å². The topological polar surface area (TPSA) is 78.9 Å². The van der Waals surface area contributed by atoms with Crippen molar-refractivity contribution in [2.24, 2.45) is 5.92 Å². The predicted molar refractivity (Wildman–Crippen MR) is 101 cm³/mol. The molecule has 1 saturated heterocycles. The lowest BCUT2D eigenvalue weighted by molar-refractivity contribution is -0.241. The zero-order valence-electron chi connectivity index (χ0n) is 16.0. The van der Waals surface area contributed by atoms with Crippen molar-refractivity contribution in [3.63, 3.8) is 0 Å². The van der Waals surface area contributed by atoms with Crippen LogP contribution in [0, 0.1) is 5.92 Å². The molecule has 0 radical (unpaired) electrons. The number of esters is 2. The second-order valence-electron chi connectivity index (χ2n) is 7.09. The van der Waals surface area contributed by atoms with Crippen molar-refractivity contribution < 1.29 is 28.6 Å². The van der Waals surface area contributed by atoms with Crippen LogP contribution in [-0.4, -0.2) is 30.6 Å². The van der Waals surface area contributed by atoms with Gasteiger partial charge in [0.15, 0.2) is 11.7 Å². The Labute approximate surface area is 163 Å². The van der Waals surface area contributed by atoms with Gasteiger partial charge in [-0.05, 0) is 17.7 Å². The van der Waals surface area contributed by atoms with Crippen molar-refractivity contribution in [1.82, 2.24) is 0 Å². The first-order valence-corrected chi connectivity index (χ1v) is 8.98. The SMILES string of the molecule is COc1ccc(C(CC(=O)c2ccccc2)C2C(=O)OC(C)(C)OC2=O)cc1. The number of hydrogen-bond donors (Lipinski definition) is 0. The molecular formula is C22H22O6. The van der Waals surface area contributed by atoms with E-state index >= 15 is 0 Å². The summed E-state index contributed by atoms with van der Waals surface area (Å²) >= 11 is 0. The molecule has 28 heavy (non-hydrogen) atoms. The Bertz CT molecular complexity index is 850. The van der Waals surface area contributed by atoms with Gasteiger partial charge in [-0.3, -0.25) is 14.4 Å². The lowest BCUT2D eigenvalue weighted by atomic mass is 9.80. The standard InChI is InChI=1S/C22H22O6/c1-22(2)27-20(24)19(21(25)28-22)17(14-9-11-16(26-3)12-10-14)13-18(23)15-7-5-4-6-8-15/h4-12,17,19H,13H2,1-3H3. The van der Waals surface area contributed by atoms with Crippen LogP contribution in [0.1, 0.15) is 42.1 Å². The molecule has 146 valence electrons. The Morgan fingerprint density at radius 2 is 1.57 bits per heavy atom. The van der Waals surface area contributed by atoms with Gasteiger partial charge in [-0.15, -0.1) is 0 Å². The highest BCUT2D eigenvalue weighted by Gasteiger charge is 2.48. The number of methoxy groups -OCH3 is 1. The summed E-state index contributed by atoms with van der Waals surface area (Å²) in [6.45, 7) is 2.99. The molecule has 3 rings (SSSR count). The molecule has 6 nitrogen and oxygen atoms in total. The molecule has 0 spiro atoms. The molecule has 2 aromatic rings. The van der Waals surface area contributed by atoms with Crippen LogP contribution in [0.15, 0.2) is 54.6 Å². The third-order valence-corrected chi connectivity index (χ3v) is 4.65. The summed E-state index contributed by atoms with van der Waals surface area (Å²) in [5.74, 6) is -4.17. The zero-order valence-corrected chi connectivity index (χ0v) is 16.0. The summed E-state index contributed by atoms with van der Waals surface area (Å²) in [7, 11) is 1.55. The first-order valence-electron chi connectivity index (χ1n) is 8.98. The fraction of sp³-hybridized carbons (Fsp3) is 0.318. The smallest absolute Gasteiger partial charge is 0.324 e. The maximum Gasteiger partial charge on any atom is 0.324 e. The Hall–Kier alpha value is -3.15. The average Bonchev–Trinajstić information content (AvgIpc) is 2.66. The van der Waals surface area contributed by atoms with Crippen LogP contribution in [0.3, 0.4) is 0 Å². The minimum Gasteiger partial charge on any atom is -0.497 e. The Kier molecular flexibility index (Phi) is 5.49. The van der Waals surface area contributed by atoms with E-state index in [1.165, 1.54) is 13.8 Å². The Morgan fingerprint density at radius 3 is 2.11 bits per heavy atom. The largest absolute Gasteiger partial charge is 0.497 e. The van der Waals surface area contributed by atoms with Crippen molar-refractivity contribution in [1.29, 1.82) is 0 Å². The lowest BCUT2D eigenvalue weighted by Gasteiger charge is -2.35. The molecule has 1 atom stereocenters. The van der Waals surface area contributed by atoms with Gasteiger partial charge in [0, 0.05) is 31.7 Å². The van der Waals surface area contributed by atoms with Gasteiger partial charge in [-0.1, -0.05) is 42.5 Å². The number of hydrogen-bond acceptors (Lipinski definition) is 6. The highest BCUT2D eigenvalue weighted by Crippen LogP contribution is 2.37. The number of carbonyl (C=O) groups excluding carboxylic acids is 3. The molecule has 1 aliphatic rings. The fourth-order valence-electron chi connectivity index (χ4n) is 3.28. The molecular weight excluding hydrogens is 360 g/mol. The molecule has 0 N–H and O–H groups in total. The first-order chi connectivity index (χ1) is 13.3. The molecule has 6 heteroatoms. The monoisotopic (exact) mass is 382 g/mol. The Morgan fingerprint density at radius 1 is 1.00 bits per heavy atom. The minimum absolute atomic E-state index is 0.0361. The molecule has 1 aliphatic heterocycles. The number of Topliss-reactive ketones (excluding diaryl/α,β-unsaturated/α-hetero) is 1. The summed E-state index contributed by atoms with van der Waals surface area (Å²) in [4.78, 5) is 38.0. The van der Waals surface area contributed by atoms with E-state index in [0.29, 0.717) is 16.9 Å². The quantitative estimate of drug-likeness (QED) is 0.432. The fourth-order valence-corrected chi connectivity index (χ4v) is 3.28. The normalized spacial score (nSPS) is 17.4. The van der Waals surface area contributed by atoms with E-state index in [4.69, 9.17) is 14.2 Å². The molecule has 1 unspecified atom stereocenters. The van der Waals surface area contributed by atoms with Crippen LogP contribution in [0.5, 0.6) is 5.75 Å². The molecule has 0 aliphatic carbocycles. The number of ether oxygens (including phenoxy) is 3. The second-order valence-corrected chi connectivity index (χ2v) is 7.09. The van der Waals surface area contributed by atoms with E-state index in [2.05, 4.69) is 0 Å². The first kappa shape index (κ1) is 19.6. The predicted octanol–water partition coefficient (Wildman–Crippen LogP) is 3.50. The van der Waals surface area contributed by atoms with Crippen LogP contribution in [0.25, 0.3) is 0 Å². The zero-order chi connectivity index (χ0) is 20.3. The van der Waals surface area contributed by atoms with Gasteiger partial charge in [0.05, 0.1) is 7.11 Å². The minimum atomic E-state index is -1.32. The van der Waals surface area contributed by atoms with E-state index in [1.54, 1.807) is 55.6 Å². The number of benzene rings is 2. The number of cyclic esters (lactones) is 2. The van der Waals surface area contributed by atoms with E-state index in [-0.39, 0.29) is 12.2 Å². The van der Waals surface area contributed by atoms with Gasteiger partial charge in [0.1, 0.15) is 5.75 Å². The van der Waals surface area contributed by atoms with Gasteiger partial charge in [0.25, 0.3) is 5.79 Å². The summed E-state index contributed by atoms with van der Waals surface area (Å²) in [5.41, 5.74) is 1.17. The van der Waals surface area contributed by atoms with Crippen LogP contribution >= 0.6 is 0 Å².